The highest BCUT2D eigenvalue weighted by molar-refractivity contribution is 7.47. The minimum atomic E-state index is -4.95. The molecule has 0 heterocycles. The number of aliphatic hydroxyl groups is 2. The van der Waals surface area contributed by atoms with E-state index in [4.69, 9.17) is 32.3 Å². The van der Waals surface area contributed by atoms with Crippen molar-refractivity contribution >= 4 is 33.6 Å². The van der Waals surface area contributed by atoms with Crippen LogP contribution in [0, 0.1) is 0 Å². The third kappa shape index (κ3) is 96.9. The molecule has 18 heteroatoms. The molecule has 5 unspecified atom stereocenters. The largest absolute Gasteiger partial charge is 0.472 e. The first kappa shape index (κ1) is 117. The van der Waals surface area contributed by atoms with Crippen molar-refractivity contribution in [2.24, 2.45) is 0 Å². The van der Waals surface area contributed by atoms with Gasteiger partial charge in [-0.05, 0) is 161 Å². The second-order valence-corrected chi connectivity index (χ2v) is 35.0. The normalized spacial score (nSPS) is 14.6. The fourth-order valence-corrected chi connectivity index (χ4v) is 14.6. The van der Waals surface area contributed by atoms with Crippen LogP contribution < -0.4 is 0 Å². The average Bonchev–Trinajstić information content (AvgIpc) is 0.899. The number of allylic oxidation sites excluding steroid dienone is 32. The summed E-state index contributed by atoms with van der Waals surface area (Å²) in [6.45, 7) is 2.37. The zero-order valence-corrected chi connectivity index (χ0v) is 79.3. The SMILES string of the molecule is CC/C=C\C/C=C\C/C=C\C/C=C\C/C=C\C/C=C\CCCCCCCCCCCCCCCCCCC(=O)OCC(O)COP(=O)(O)OCC(O)COP(=O)(O)OCC(COC(=O)CCCCCCCCCCCCCCCC/C=C\C/C=C\C/C=C\C/C=C\C/C=C\C/C=C\CC)OC(=O)CCCCCCCC/C=C\C/C=C\C/C=C\C/C=C\CC. The maximum atomic E-state index is 13.1. The molecule has 4 N–H and O–H groups in total. The Morgan fingerprint density at radius 3 is 0.642 bits per heavy atom. The molecule has 0 fully saturated rings. The van der Waals surface area contributed by atoms with Gasteiger partial charge in [-0.3, -0.25) is 32.5 Å². The molecule has 702 valence electrons. The van der Waals surface area contributed by atoms with Crippen LogP contribution in [0.4, 0.5) is 0 Å². The Hall–Kier alpha value is -5.61. The van der Waals surface area contributed by atoms with E-state index >= 15 is 0 Å². The summed E-state index contributed by atoms with van der Waals surface area (Å²) in [5, 5.41) is 20.8. The van der Waals surface area contributed by atoms with Gasteiger partial charge in [-0.1, -0.05) is 408 Å². The van der Waals surface area contributed by atoms with E-state index in [1.54, 1.807) is 0 Å². The Morgan fingerprint density at radius 2 is 0.407 bits per heavy atom. The molecule has 16 nitrogen and oxygen atoms in total. The van der Waals surface area contributed by atoms with Crippen LogP contribution in [-0.2, 0) is 55.8 Å². The highest BCUT2D eigenvalue weighted by Crippen LogP contribution is 2.45. The minimum absolute atomic E-state index is 0.0842. The first-order valence-electron chi connectivity index (χ1n) is 48.7. The van der Waals surface area contributed by atoms with Gasteiger partial charge in [0.2, 0.25) is 0 Å². The number of unbranched alkanes of at least 4 members (excludes halogenated alkanes) is 36. The lowest BCUT2D eigenvalue weighted by atomic mass is 10.0. The third-order valence-corrected chi connectivity index (χ3v) is 22.2. The predicted octanol–water partition coefficient (Wildman–Crippen LogP) is 30.6. The molecular formula is C105H176O16P2. The molecule has 5 atom stereocenters. The Morgan fingerprint density at radius 1 is 0.228 bits per heavy atom. The molecule has 0 aliphatic heterocycles. The van der Waals surface area contributed by atoms with Gasteiger partial charge in [0, 0.05) is 19.3 Å². The van der Waals surface area contributed by atoms with Crippen molar-refractivity contribution in [2.45, 2.75) is 411 Å². The number of phosphoric acid groups is 2. The third-order valence-electron chi connectivity index (χ3n) is 20.3. The maximum absolute atomic E-state index is 13.1. The number of aliphatic hydroxyl groups excluding tert-OH is 2. The average molecular weight is 1760 g/mol. The molecule has 0 rings (SSSR count). The van der Waals surface area contributed by atoms with Crippen LogP contribution in [0.25, 0.3) is 0 Å². The molecule has 0 aliphatic rings. The molecule has 0 aliphatic carbocycles. The quantitative estimate of drug-likeness (QED) is 0.0146. The van der Waals surface area contributed by atoms with Crippen LogP contribution >= 0.6 is 15.6 Å². The second-order valence-electron chi connectivity index (χ2n) is 32.1. The summed E-state index contributed by atoms with van der Waals surface area (Å²) >= 11 is 0. The topological polar surface area (TPSA) is 231 Å². The van der Waals surface area contributed by atoms with E-state index in [1.165, 1.54) is 141 Å². The lowest BCUT2D eigenvalue weighted by molar-refractivity contribution is -0.161. The second kappa shape index (κ2) is 95.5. The molecule has 0 spiro atoms. The fraction of sp³-hybridized carbons (Fsp3) is 0.667. The number of carbonyl (C=O) groups is 3. The van der Waals surface area contributed by atoms with Crippen molar-refractivity contribution in [3.8, 4) is 0 Å². The molecule has 0 bridgehead atoms. The van der Waals surface area contributed by atoms with Crippen molar-refractivity contribution in [2.75, 3.05) is 39.6 Å². The van der Waals surface area contributed by atoms with Gasteiger partial charge in [0.1, 0.15) is 25.4 Å². The van der Waals surface area contributed by atoms with E-state index in [0.29, 0.717) is 19.3 Å². The van der Waals surface area contributed by atoms with Crippen molar-refractivity contribution in [1.82, 2.24) is 0 Å². The van der Waals surface area contributed by atoms with Crippen LogP contribution in [0.1, 0.15) is 393 Å². The molecule has 0 aromatic carbocycles. The van der Waals surface area contributed by atoms with E-state index in [9.17, 15) is 43.5 Å². The number of carbonyl (C=O) groups excluding carboxylic acids is 3. The Balaban J connectivity index is 4.52. The first-order valence-corrected chi connectivity index (χ1v) is 51.7. The fourth-order valence-electron chi connectivity index (χ4n) is 13.0. The standard InChI is InChI=1S/C105H176O16P2/c1-4-7-10-13-16-19-22-25-28-31-34-36-38-40-42-44-46-48-49-51-53-54-56-58-60-62-65-67-70-73-76-79-82-85-88-91-103(108)115-94-100(106)95-117-122(111,112)118-96-101(107)97-119-123(113,114)120-99-102(121-105(110)93-90-87-84-81-78-75-72-69-64-33-30-27-24-21-18-15-12-9-6-3)98-116-104(109)92-89-86-83-80-77-74-71-68-66-63-61-59-57-55-52-50-47-45-43-41-39-37-35-32-29-26-23-20-17-14-11-8-5-2/h7-12,16-21,25-30,34-37,40-43,46-48,50,64,69,100-102,106-107H,4-6,13-15,22-24,31-33,38-39,44-45,49,51-63,65-68,70-99H2,1-3H3,(H,111,112)(H,113,114)/b10-7-,11-8-,12-9-,19-16-,20-17-,21-18-,28-25-,29-26-,30-27-,36-34-,37-35-,42-40-,43-41-,48-46-,50-47-,69-64-. The van der Waals surface area contributed by atoms with Gasteiger partial charge in [-0.2, -0.15) is 0 Å². The van der Waals surface area contributed by atoms with Crippen molar-refractivity contribution in [1.29, 1.82) is 0 Å². The minimum Gasteiger partial charge on any atom is -0.463 e. The number of hydrogen-bond donors (Lipinski definition) is 4. The maximum Gasteiger partial charge on any atom is 0.472 e. The molecular weight excluding hydrogens is 1580 g/mol. The van der Waals surface area contributed by atoms with E-state index in [0.717, 1.165) is 193 Å². The van der Waals surface area contributed by atoms with E-state index in [2.05, 4.69) is 215 Å². The van der Waals surface area contributed by atoms with Crippen molar-refractivity contribution in [3.05, 3.63) is 194 Å². The molecule has 0 saturated heterocycles. The molecule has 0 radical (unpaired) electrons. The van der Waals surface area contributed by atoms with Gasteiger partial charge in [0.25, 0.3) is 0 Å². The summed E-state index contributed by atoms with van der Waals surface area (Å²) in [4.78, 5) is 59.1. The number of rotatable bonds is 91. The smallest absolute Gasteiger partial charge is 0.463 e. The lowest BCUT2D eigenvalue weighted by Gasteiger charge is -2.21. The van der Waals surface area contributed by atoms with Gasteiger partial charge >= 0.3 is 33.6 Å². The lowest BCUT2D eigenvalue weighted by Crippen LogP contribution is -2.30. The van der Waals surface area contributed by atoms with E-state index in [-0.39, 0.29) is 19.3 Å². The molecule has 0 aromatic rings. The monoisotopic (exact) mass is 1760 g/mol. The summed E-state index contributed by atoms with van der Waals surface area (Å²) in [5.74, 6) is -1.58. The Bertz CT molecular complexity index is 3020. The van der Waals surface area contributed by atoms with Crippen molar-refractivity contribution in [3.63, 3.8) is 0 Å². The molecule has 0 aromatic heterocycles. The van der Waals surface area contributed by atoms with Gasteiger partial charge < -0.3 is 34.2 Å². The van der Waals surface area contributed by atoms with Gasteiger partial charge in [0.15, 0.2) is 6.10 Å². The number of esters is 3. The summed E-state index contributed by atoms with van der Waals surface area (Å²) in [6, 6.07) is 0. The van der Waals surface area contributed by atoms with Gasteiger partial charge in [-0.15, -0.1) is 0 Å². The Labute approximate surface area is 750 Å². The van der Waals surface area contributed by atoms with Gasteiger partial charge in [-0.25, -0.2) is 9.13 Å². The van der Waals surface area contributed by atoms with Crippen molar-refractivity contribution < 1.29 is 75.8 Å². The van der Waals surface area contributed by atoms with Crippen LogP contribution in [0.3, 0.4) is 0 Å². The predicted molar refractivity (Wildman–Crippen MR) is 518 cm³/mol. The number of phosphoric ester groups is 2. The van der Waals surface area contributed by atoms with Crippen LogP contribution in [0.15, 0.2) is 194 Å². The summed E-state index contributed by atoms with van der Waals surface area (Å²) in [5.41, 5.74) is 0. The number of ether oxygens (including phenoxy) is 3. The van der Waals surface area contributed by atoms with Crippen LogP contribution in [0.2, 0.25) is 0 Å². The molecule has 0 amide bonds. The highest BCUT2D eigenvalue weighted by atomic mass is 31.2. The highest BCUT2D eigenvalue weighted by Gasteiger charge is 2.30. The summed E-state index contributed by atoms with van der Waals surface area (Å²) < 4.78 is 61.5. The van der Waals surface area contributed by atoms with Crippen LogP contribution in [0.5, 0.6) is 0 Å². The number of hydrogen-bond acceptors (Lipinski definition) is 14. The summed E-state index contributed by atoms with van der Waals surface area (Å²) in [6.07, 6.45) is 128. The molecule has 0 saturated carbocycles. The Kier molecular flexibility index (Phi) is 91.1. The zero-order valence-electron chi connectivity index (χ0n) is 77.5. The van der Waals surface area contributed by atoms with Gasteiger partial charge in [0.05, 0.1) is 26.4 Å². The first-order chi connectivity index (χ1) is 60.2. The van der Waals surface area contributed by atoms with E-state index in [1.807, 2.05) is 0 Å². The van der Waals surface area contributed by atoms with Crippen LogP contribution in [-0.4, -0.2) is 95.9 Å². The van der Waals surface area contributed by atoms with E-state index < -0.39 is 91.5 Å². The molecule has 123 heavy (non-hydrogen) atoms. The zero-order chi connectivity index (χ0) is 89.3. The summed E-state index contributed by atoms with van der Waals surface area (Å²) in [7, 11) is -9.82.